The third-order valence-electron chi connectivity index (χ3n) is 3.27. The molecule has 3 rings (SSSR count). The SMILES string of the molecule is C[C@@H](NC(=O)c1ccc2nc(Cl)sc2c1)c1ccccc1. The van der Waals surface area contributed by atoms with Gasteiger partial charge in [-0.3, -0.25) is 4.79 Å². The molecule has 1 atom stereocenters. The molecule has 0 saturated carbocycles. The van der Waals surface area contributed by atoms with Gasteiger partial charge in [0, 0.05) is 5.56 Å². The van der Waals surface area contributed by atoms with E-state index in [0.29, 0.717) is 10.0 Å². The summed E-state index contributed by atoms with van der Waals surface area (Å²) < 4.78 is 1.40. The summed E-state index contributed by atoms with van der Waals surface area (Å²) in [7, 11) is 0. The normalized spacial score (nSPS) is 12.3. The molecule has 1 heterocycles. The fourth-order valence-electron chi connectivity index (χ4n) is 2.14. The zero-order valence-corrected chi connectivity index (χ0v) is 12.9. The summed E-state index contributed by atoms with van der Waals surface area (Å²) in [4.78, 5) is 16.5. The third-order valence-corrected chi connectivity index (χ3v) is 4.39. The van der Waals surface area contributed by atoms with Gasteiger partial charge in [0.2, 0.25) is 0 Å². The second-order valence-corrected chi connectivity index (χ2v) is 6.37. The molecule has 0 fully saturated rings. The number of nitrogens with zero attached hydrogens (tertiary/aromatic N) is 1. The van der Waals surface area contributed by atoms with Gasteiger partial charge < -0.3 is 5.32 Å². The molecule has 106 valence electrons. The Morgan fingerprint density at radius 2 is 2.00 bits per heavy atom. The molecule has 0 aliphatic carbocycles. The van der Waals surface area contributed by atoms with E-state index in [1.807, 2.05) is 49.4 Å². The van der Waals surface area contributed by atoms with Gasteiger partial charge in [0.15, 0.2) is 4.47 Å². The topological polar surface area (TPSA) is 42.0 Å². The number of halogens is 1. The Kier molecular flexibility index (Phi) is 3.90. The number of nitrogens with one attached hydrogen (secondary N) is 1. The molecule has 21 heavy (non-hydrogen) atoms. The van der Waals surface area contributed by atoms with Crippen molar-refractivity contribution in [3.05, 3.63) is 64.1 Å². The largest absolute Gasteiger partial charge is 0.346 e. The van der Waals surface area contributed by atoms with Crippen LogP contribution in [-0.2, 0) is 0 Å². The van der Waals surface area contributed by atoms with Gasteiger partial charge in [-0.15, -0.1) is 11.3 Å². The van der Waals surface area contributed by atoms with Gasteiger partial charge in [-0.25, -0.2) is 4.98 Å². The van der Waals surface area contributed by atoms with Crippen LogP contribution in [0.4, 0.5) is 0 Å². The number of carbonyl (C=O) groups excluding carboxylic acids is 1. The van der Waals surface area contributed by atoms with E-state index >= 15 is 0 Å². The van der Waals surface area contributed by atoms with Crippen molar-refractivity contribution < 1.29 is 4.79 Å². The van der Waals surface area contributed by atoms with Crippen LogP contribution in [0.1, 0.15) is 28.9 Å². The average Bonchev–Trinajstić information content (AvgIpc) is 2.87. The molecule has 5 heteroatoms. The predicted molar refractivity (Wildman–Crippen MR) is 87.0 cm³/mol. The van der Waals surface area contributed by atoms with Crippen LogP contribution < -0.4 is 5.32 Å². The van der Waals surface area contributed by atoms with Crippen molar-refractivity contribution in [1.29, 1.82) is 0 Å². The van der Waals surface area contributed by atoms with Crippen LogP contribution in [0.3, 0.4) is 0 Å². The van der Waals surface area contributed by atoms with Crippen LogP contribution in [0, 0.1) is 0 Å². The van der Waals surface area contributed by atoms with Crippen molar-refractivity contribution in [3.63, 3.8) is 0 Å². The lowest BCUT2D eigenvalue weighted by Gasteiger charge is -2.14. The first-order valence-corrected chi connectivity index (χ1v) is 7.75. The smallest absolute Gasteiger partial charge is 0.251 e. The summed E-state index contributed by atoms with van der Waals surface area (Å²) in [6, 6.07) is 15.2. The molecule has 0 aliphatic heterocycles. The Morgan fingerprint density at radius 1 is 1.24 bits per heavy atom. The van der Waals surface area contributed by atoms with Crippen molar-refractivity contribution in [2.75, 3.05) is 0 Å². The summed E-state index contributed by atoms with van der Waals surface area (Å²) in [5.41, 5.74) is 2.51. The van der Waals surface area contributed by atoms with Crippen molar-refractivity contribution in [1.82, 2.24) is 10.3 Å². The molecule has 3 aromatic rings. The fourth-order valence-corrected chi connectivity index (χ4v) is 3.21. The third kappa shape index (κ3) is 3.06. The van der Waals surface area contributed by atoms with Crippen LogP contribution in [0.5, 0.6) is 0 Å². The number of hydrogen-bond donors (Lipinski definition) is 1. The van der Waals surface area contributed by atoms with Crippen molar-refractivity contribution in [3.8, 4) is 0 Å². The minimum Gasteiger partial charge on any atom is -0.346 e. The number of thiazole rings is 1. The van der Waals surface area contributed by atoms with E-state index in [-0.39, 0.29) is 11.9 Å². The molecule has 0 radical (unpaired) electrons. The van der Waals surface area contributed by atoms with Gasteiger partial charge >= 0.3 is 0 Å². The zero-order valence-electron chi connectivity index (χ0n) is 11.3. The molecular formula is C16H13ClN2OS. The second kappa shape index (κ2) is 5.84. The van der Waals surface area contributed by atoms with Crippen molar-refractivity contribution >= 4 is 39.1 Å². The lowest BCUT2D eigenvalue weighted by molar-refractivity contribution is 0.0940. The maximum absolute atomic E-state index is 12.3. The van der Waals surface area contributed by atoms with Gasteiger partial charge in [0.05, 0.1) is 16.3 Å². The molecular weight excluding hydrogens is 304 g/mol. The van der Waals surface area contributed by atoms with Gasteiger partial charge in [-0.05, 0) is 30.7 Å². The van der Waals surface area contributed by atoms with E-state index in [4.69, 9.17) is 11.6 Å². The summed E-state index contributed by atoms with van der Waals surface area (Å²) in [5.74, 6) is -0.0993. The molecule has 1 amide bonds. The Bertz CT molecular complexity index is 785. The molecule has 0 bridgehead atoms. The quantitative estimate of drug-likeness (QED) is 0.776. The number of benzene rings is 2. The van der Waals surface area contributed by atoms with E-state index in [1.165, 1.54) is 11.3 Å². The van der Waals surface area contributed by atoms with Gasteiger partial charge in [-0.2, -0.15) is 0 Å². The van der Waals surface area contributed by atoms with E-state index in [9.17, 15) is 4.79 Å². The minimum atomic E-state index is -0.0993. The maximum atomic E-state index is 12.3. The Morgan fingerprint density at radius 3 is 2.76 bits per heavy atom. The van der Waals surface area contributed by atoms with Gasteiger partial charge in [0.25, 0.3) is 5.91 Å². The van der Waals surface area contributed by atoms with Crippen LogP contribution >= 0.6 is 22.9 Å². The molecule has 1 aromatic heterocycles. The van der Waals surface area contributed by atoms with E-state index in [1.54, 1.807) is 6.07 Å². The molecule has 1 N–H and O–H groups in total. The van der Waals surface area contributed by atoms with Crippen LogP contribution in [0.15, 0.2) is 48.5 Å². The number of hydrogen-bond acceptors (Lipinski definition) is 3. The van der Waals surface area contributed by atoms with Crippen LogP contribution in [0.25, 0.3) is 10.2 Å². The Labute approximate surface area is 131 Å². The first kappa shape index (κ1) is 14.0. The zero-order chi connectivity index (χ0) is 14.8. The van der Waals surface area contributed by atoms with E-state index < -0.39 is 0 Å². The highest BCUT2D eigenvalue weighted by atomic mass is 35.5. The second-order valence-electron chi connectivity index (χ2n) is 4.76. The molecule has 0 saturated heterocycles. The molecule has 2 aromatic carbocycles. The highest BCUT2D eigenvalue weighted by molar-refractivity contribution is 7.22. The molecule has 0 aliphatic rings. The first-order valence-electron chi connectivity index (χ1n) is 6.55. The minimum absolute atomic E-state index is 0.0422. The number of aromatic nitrogens is 1. The lowest BCUT2D eigenvalue weighted by atomic mass is 10.1. The summed E-state index contributed by atoms with van der Waals surface area (Å²) in [6.07, 6.45) is 0. The van der Waals surface area contributed by atoms with Gasteiger partial charge in [0.1, 0.15) is 0 Å². The number of fused-ring (bicyclic) bond motifs is 1. The highest BCUT2D eigenvalue weighted by Gasteiger charge is 2.12. The predicted octanol–water partition coefficient (Wildman–Crippen LogP) is 4.44. The number of carbonyl (C=O) groups is 1. The number of amides is 1. The maximum Gasteiger partial charge on any atom is 0.251 e. The Hall–Kier alpha value is -1.91. The monoisotopic (exact) mass is 316 g/mol. The fraction of sp³-hybridized carbons (Fsp3) is 0.125. The van der Waals surface area contributed by atoms with E-state index in [2.05, 4.69) is 10.3 Å². The summed E-state index contributed by atoms with van der Waals surface area (Å²) >= 11 is 7.26. The molecule has 0 spiro atoms. The van der Waals surface area contributed by atoms with Crippen LogP contribution in [-0.4, -0.2) is 10.9 Å². The summed E-state index contributed by atoms with van der Waals surface area (Å²) in [6.45, 7) is 1.97. The van der Waals surface area contributed by atoms with E-state index in [0.717, 1.165) is 15.8 Å². The van der Waals surface area contributed by atoms with Crippen molar-refractivity contribution in [2.45, 2.75) is 13.0 Å². The summed E-state index contributed by atoms with van der Waals surface area (Å²) in [5, 5.41) is 3.00. The Balaban J connectivity index is 1.80. The average molecular weight is 317 g/mol. The molecule has 3 nitrogen and oxygen atoms in total. The number of rotatable bonds is 3. The standard InChI is InChI=1S/C16H13ClN2OS/c1-10(11-5-3-2-4-6-11)18-15(20)12-7-8-13-14(9-12)21-16(17)19-13/h2-10H,1H3,(H,18,20)/t10-/m1/s1. The van der Waals surface area contributed by atoms with Crippen molar-refractivity contribution in [2.24, 2.45) is 0 Å². The lowest BCUT2D eigenvalue weighted by Crippen LogP contribution is -2.26. The first-order chi connectivity index (χ1) is 10.1. The van der Waals surface area contributed by atoms with Gasteiger partial charge in [-0.1, -0.05) is 41.9 Å². The van der Waals surface area contributed by atoms with Crippen LogP contribution in [0.2, 0.25) is 4.47 Å². The highest BCUT2D eigenvalue weighted by Crippen LogP contribution is 2.26. The molecule has 0 unspecified atom stereocenters.